The number of rotatable bonds is 8. The van der Waals surface area contributed by atoms with Crippen LogP contribution in [0, 0.1) is 0 Å². The van der Waals surface area contributed by atoms with E-state index in [1.54, 1.807) is 25.3 Å². The highest BCUT2D eigenvalue weighted by Gasteiger charge is 2.24. The van der Waals surface area contributed by atoms with Crippen molar-refractivity contribution in [3.8, 4) is 11.5 Å². The van der Waals surface area contributed by atoms with Gasteiger partial charge in [-0.3, -0.25) is 9.69 Å². The fourth-order valence-electron chi connectivity index (χ4n) is 3.83. The first-order chi connectivity index (χ1) is 14.1. The number of amides is 1. The van der Waals surface area contributed by atoms with E-state index in [2.05, 4.69) is 15.2 Å². The zero-order valence-corrected chi connectivity index (χ0v) is 17.8. The first-order valence-electron chi connectivity index (χ1n) is 10.2. The van der Waals surface area contributed by atoms with Gasteiger partial charge < -0.3 is 14.4 Å². The largest absolute Gasteiger partial charge is 0.497 e. The van der Waals surface area contributed by atoms with Gasteiger partial charge in [0.05, 0.1) is 26.5 Å². The molecular formula is C21H31N5O3. The second-order valence-corrected chi connectivity index (χ2v) is 7.31. The Morgan fingerprint density at radius 3 is 2.48 bits per heavy atom. The molecule has 1 aromatic heterocycles. The fraction of sp³-hybridized carbons (Fsp3) is 0.571. The van der Waals surface area contributed by atoms with Crippen molar-refractivity contribution in [2.45, 2.75) is 39.3 Å². The molecule has 0 N–H and O–H groups in total. The molecule has 0 aliphatic carbocycles. The van der Waals surface area contributed by atoms with Gasteiger partial charge in [-0.15, -0.1) is 5.10 Å². The molecule has 8 nitrogen and oxygen atoms in total. The topological polar surface area (TPSA) is 72.7 Å². The molecule has 1 amide bonds. The van der Waals surface area contributed by atoms with Crippen molar-refractivity contribution in [2.24, 2.45) is 0 Å². The molecule has 29 heavy (non-hydrogen) atoms. The number of hydrogen-bond acceptors (Lipinski definition) is 6. The maximum atomic E-state index is 12.5. The van der Waals surface area contributed by atoms with Crippen LogP contribution in [0.2, 0.25) is 0 Å². The summed E-state index contributed by atoms with van der Waals surface area (Å²) >= 11 is 0. The standard InChI is InChI=1S/C21H31N5O3/c1-5-25(6-2)21(27)20-15-26(23-22-20)17-8-7-9-24(14-17)13-16-10-18(28-3)12-19(11-16)29-4/h10-12,15,17H,5-9,13-14H2,1-4H3/t17-/m0/s1. The number of nitrogens with zero attached hydrogens (tertiary/aromatic N) is 5. The molecule has 0 saturated carbocycles. The van der Waals surface area contributed by atoms with Crippen LogP contribution in [0.5, 0.6) is 11.5 Å². The Morgan fingerprint density at radius 2 is 1.86 bits per heavy atom. The van der Waals surface area contributed by atoms with Crippen molar-refractivity contribution in [1.29, 1.82) is 0 Å². The Labute approximate surface area is 172 Å². The van der Waals surface area contributed by atoms with E-state index >= 15 is 0 Å². The molecule has 0 spiro atoms. The van der Waals surface area contributed by atoms with Crippen LogP contribution in [-0.4, -0.2) is 71.1 Å². The van der Waals surface area contributed by atoms with Gasteiger partial charge in [-0.05, 0) is 50.9 Å². The van der Waals surface area contributed by atoms with Crippen molar-refractivity contribution in [3.05, 3.63) is 35.7 Å². The predicted molar refractivity (Wildman–Crippen MR) is 110 cm³/mol. The third-order valence-corrected chi connectivity index (χ3v) is 5.45. The number of benzene rings is 1. The van der Waals surface area contributed by atoms with Crippen LogP contribution in [0.25, 0.3) is 0 Å². The Bertz CT molecular complexity index is 796. The minimum Gasteiger partial charge on any atom is -0.497 e. The minimum absolute atomic E-state index is 0.0580. The van der Waals surface area contributed by atoms with E-state index in [1.165, 1.54) is 0 Å². The average Bonchev–Trinajstić information content (AvgIpc) is 3.24. The van der Waals surface area contributed by atoms with Crippen LogP contribution >= 0.6 is 0 Å². The first-order valence-corrected chi connectivity index (χ1v) is 10.2. The summed E-state index contributed by atoms with van der Waals surface area (Å²) in [7, 11) is 3.33. The quantitative estimate of drug-likeness (QED) is 0.677. The SMILES string of the molecule is CCN(CC)C(=O)c1cn([C@H]2CCCN(Cc3cc(OC)cc(OC)c3)C2)nn1. The van der Waals surface area contributed by atoms with Crippen LogP contribution in [0.1, 0.15) is 48.8 Å². The van der Waals surface area contributed by atoms with Gasteiger partial charge in [-0.25, -0.2) is 4.68 Å². The monoisotopic (exact) mass is 401 g/mol. The minimum atomic E-state index is -0.0580. The van der Waals surface area contributed by atoms with Gasteiger partial charge in [0.2, 0.25) is 0 Å². The molecule has 0 unspecified atom stereocenters. The Hall–Kier alpha value is -2.61. The number of ether oxygens (including phenoxy) is 2. The van der Waals surface area contributed by atoms with Crippen LogP contribution in [0.3, 0.4) is 0 Å². The Balaban J connectivity index is 1.68. The first kappa shape index (κ1) is 21.1. The normalized spacial score (nSPS) is 17.2. The summed E-state index contributed by atoms with van der Waals surface area (Å²) in [5.74, 6) is 1.53. The highest BCUT2D eigenvalue weighted by molar-refractivity contribution is 5.91. The smallest absolute Gasteiger partial charge is 0.276 e. The average molecular weight is 402 g/mol. The number of aromatic nitrogens is 3. The van der Waals surface area contributed by atoms with Crippen molar-refractivity contribution in [1.82, 2.24) is 24.8 Å². The van der Waals surface area contributed by atoms with E-state index in [1.807, 2.05) is 36.7 Å². The molecule has 1 aliphatic rings. The number of likely N-dealkylation sites (tertiary alicyclic amines) is 1. The maximum absolute atomic E-state index is 12.5. The maximum Gasteiger partial charge on any atom is 0.276 e. The molecule has 8 heteroatoms. The van der Waals surface area contributed by atoms with E-state index in [0.29, 0.717) is 18.8 Å². The van der Waals surface area contributed by atoms with Gasteiger partial charge in [-0.2, -0.15) is 0 Å². The van der Waals surface area contributed by atoms with Crippen LogP contribution in [-0.2, 0) is 6.54 Å². The summed E-state index contributed by atoms with van der Waals surface area (Å²) in [6, 6.07) is 6.18. The number of methoxy groups -OCH3 is 2. The summed E-state index contributed by atoms with van der Waals surface area (Å²) < 4.78 is 12.6. The van der Waals surface area contributed by atoms with Gasteiger partial charge in [0.25, 0.3) is 5.91 Å². The lowest BCUT2D eigenvalue weighted by molar-refractivity contribution is 0.0767. The number of carbonyl (C=O) groups excluding carboxylic acids is 1. The summed E-state index contributed by atoms with van der Waals surface area (Å²) in [4.78, 5) is 16.7. The number of piperidine rings is 1. The van der Waals surface area contributed by atoms with Gasteiger partial charge in [0.15, 0.2) is 5.69 Å². The molecular weight excluding hydrogens is 370 g/mol. The van der Waals surface area contributed by atoms with Gasteiger partial charge in [0.1, 0.15) is 11.5 Å². The molecule has 158 valence electrons. The van der Waals surface area contributed by atoms with Crippen LogP contribution in [0.15, 0.2) is 24.4 Å². The molecule has 2 heterocycles. The lowest BCUT2D eigenvalue weighted by atomic mass is 10.0. The van der Waals surface area contributed by atoms with Crippen molar-refractivity contribution < 1.29 is 14.3 Å². The van der Waals surface area contributed by atoms with E-state index in [-0.39, 0.29) is 11.9 Å². The number of hydrogen-bond donors (Lipinski definition) is 0. The molecule has 1 fully saturated rings. The third-order valence-electron chi connectivity index (χ3n) is 5.45. The molecule has 0 radical (unpaired) electrons. The molecule has 1 atom stereocenters. The van der Waals surface area contributed by atoms with Crippen molar-refractivity contribution in [3.63, 3.8) is 0 Å². The number of carbonyl (C=O) groups is 1. The molecule has 3 rings (SSSR count). The zero-order chi connectivity index (χ0) is 20.8. The Morgan fingerprint density at radius 1 is 1.17 bits per heavy atom. The molecule has 1 saturated heterocycles. The van der Waals surface area contributed by atoms with E-state index < -0.39 is 0 Å². The highest BCUT2D eigenvalue weighted by Crippen LogP contribution is 2.26. The predicted octanol–water partition coefficient (Wildman–Crippen LogP) is 2.61. The summed E-state index contributed by atoms with van der Waals surface area (Å²) in [5.41, 5.74) is 1.57. The fourth-order valence-corrected chi connectivity index (χ4v) is 3.83. The van der Waals surface area contributed by atoms with Gasteiger partial charge in [-0.1, -0.05) is 5.21 Å². The summed E-state index contributed by atoms with van der Waals surface area (Å²) in [5, 5.41) is 8.39. The lowest BCUT2D eigenvalue weighted by Gasteiger charge is -2.32. The van der Waals surface area contributed by atoms with E-state index in [0.717, 1.165) is 49.5 Å². The second kappa shape index (κ2) is 9.73. The van der Waals surface area contributed by atoms with Crippen LogP contribution in [0.4, 0.5) is 0 Å². The second-order valence-electron chi connectivity index (χ2n) is 7.31. The highest BCUT2D eigenvalue weighted by atomic mass is 16.5. The van der Waals surface area contributed by atoms with Crippen LogP contribution < -0.4 is 9.47 Å². The molecule has 0 bridgehead atoms. The lowest BCUT2D eigenvalue weighted by Crippen LogP contribution is -2.36. The Kier molecular flexibility index (Phi) is 7.09. The molecule has 1 aliphatic heterocycles. The van der Waals surface area contributed by atoms with Crippen molar-refractivity contribution in [2.75, 3.05) is 40.4 Å². The van der Waals surface area contributed by atoms with Gasteiger partial charge >= 0.3 is 0 Å². The summed E-state index contributed by atoms with van der Waals surface area (Å²) in [6.45, 7) is 7.98. The van der Waals surface area contributed by atoms with E-state index in [4.69, 9.17) is 9.47 Å². The zero-order valence-electron chi connectivity index (χ0n) is 17.8. The summed E-state index contributed by atoms with van der Waals surface area (Å²) in [6.07, 6.45) is 3.90. The van der Waals surface area contributed by atoms with E-state index in [9.17, 15) is 4.79 Å². The molecule has 1 aromatic carbocycles. The van der Waals surface area contributed by atoms with Gasteiger partial charge in [0, 0.05) is 32.2 Å². The van der Waals surface area contributed by atoms with Crippen molar-refractivity contribution >= 4 is 5.91 Å². The third kappa shape index (κ3) is 5.06. The molecule has 2 aromatic rings.